The number of likely N-dealkylation sites (tertiary alicyclic amines) is 1. The Labute approximate surface area is 106 Å². The summed E-state index contributed by atoms with van der Waals surface area (Å²) in [5.74, 6) is 1.03. The van der Waals surface area contributed by atoms with Crippen molar-refractivity contribution in [2.45, 2.75) is 57.5 Å². The van der Waals surface area contributed by atoms with E-state index in [2.05, 4.69) is 17.1 Å². The van der Waals surface area contributed by atoms with Gasteiger partial charge in [0.15, 0.2) is 0 Å². The van der Waals surface area contributed by atoms with Crippen molar-refractivity contribution in [3.63, 3.8) is 0 Å². The molecular formula is C14H28N2O. The zero-order valence-corrected chi connectivity index (χ0v) is 11.2. The van der Waals surface area contributed by atoms with Crippen molar-refractivity contribution in [1.82, 2.24) is 10.2 Å². The number of aliphatic hydroxyl groups excluding tert-OH is 1. The first-order chi connectivity index (χ1) is 8.28. The van der Waals surface area contributed by atoms with E-state index in [1.165, 1.54) is 45.3 Å². The van der Waals surface area contributed by atoms with Crippen molar-refractivity contribution in [3.05, 3.63) is 0 Å². The van der Waals surface area contributed by atoms with Gasteiger partial charge in [0.25, 0.3) is 0 Å². The third-order valence-electron chi connectivity index (χ3n) is 4.12. The molecule has 0 bridgehead atoms. The summed E-state index contributed by atoms with van der Waals surface area (Å²) < 4.78 is 0. The maximum absolute atomic E-state index is 8.81. The van der Waals surface area contributed by atoms with Crippen LogP contribution in [0.4, 0.5) is 0 Å². The quantitative estimate of drug-likeness (QED) is 0.710. The van der Waals surface area contributed by atoms with Crippen LogP contribution in [0.2, 0.25) is 0 Å². The monoisotopic (exact) mass is 240 g/mol. The van der Waals surface area contributed by atoms with Gasteiger partial charge < -0.3 is 15.3 Å². The molecule has 3 nitrogen and oxygen atoms in total. The lowest BCUT2D eigenvalue weighted by Crippen LogP contribution is -2.45. The van der Waals surface area contributed by atoms with E-state index in [1.54, 1.807) is 0 Å². The molecule has 100 valence electrons. The molecular weight excluding hydrogens is 212 g/mol. The molecule has 2 rings (SSSR count). The number of nitrogens with one attached hydrogen (secondary N) is 1. The van der Waals surface area contributed by atoms with Crippen LogP contribution in [0.1, 0.15) is 45.4 Å². The first kappa shape index (κ1) is 13.3. The van der Waals surface area contributed by atoms with Gasteiger partial charge in [-0.05, 0) is 64.5 Å². The molecule has 1 saturated heterocycles. The minimum atomic E-state index is 0.325. The van der Waals surface area contributed by atoms with E-state index in [-0.39, 0.29) is 0 Å². The number of hydrogen-bond acceptors (Lipinski definition) is 3. The fraction of sp³-hybridized carbons (Fsp3) is 1.00. The largest absolute Gasteiger partial charge is 0.396 e. The molecule has 1 unspecified atom stereocenters. The van der Waals surface area contributed by atoms with Crippen LogP contribution in [0.3, 0.4) is 0 Å². The molecule has 17 heavy (non-hydrogen) atoms. The summed E-state index contributed by atoms with van der Waals surface area (Å²) >= 11 is 0. The first-order valence-corrected chi connectivity index (χ1v) is 7.37. The predicted molar refractivity (Wildman–Crippen MR) is 71.1 cm³/mol. The molecule has 2 fully saturated rings. The van der Waals surface area contributed by atoms with Crippen molar-refractivity contribution in [2.75, 3.05) is 26.2 Å². The molecule has 1 aliphatic carbocycles. The molecule has 1 atom stereocenters. The Morgan fingerprint density at radius 3 is 2.53 bits per heavy atom. The van der Waals surface area contributed by atoms with Crippen LogP contribution in [-0.2, 0) is 0 Å². The molecule has 1 heterocycles. The minimum Gasteiger partial charge on any atom is -0.396 e. The second-order valence-corrected chi connectivity index (χ2v) is 5.95. The number of piperidine rings is 1. The summed E-state index contributed by atoms with van der Waals surface area (Å²) in [6.07, 6.45) is 7.56. The summed E-state index contributed by atoms with van der Waals surface area (Å²) in [4.78, 5) is 2.65. The van der Waals surface area contributed by atoms with Gasteiger partial charge in [0.05, 0.1) is 0 Å². The second-order valence-electron chi connectivity index (χ2n) is 5.95. The Hall–Kier alpha value is -0.120. The smallest absolute Gasteiger partial charge is 0.0431 e. The topological polar surface area (TPSA) is 35.5 Å². The lowest BCUT2D eigenvalue weighted by Gasteiger charge is -2.34. The van der Waals surface area contributed by atoms with Gasteiger partial charge in [-0.15, -0.1) is 0 Å². The highest BCUT2D eigenvalue weighted by atomic mass is 16.2. The van der Waals surface area contributed by atoms with E-state index in [1.807, 2.05) is 0 Å². The van der Waals surface area contributed by atoms with Crippen LogP contribution in [0.25, 0.3) is 0 Å². The summed E-state index contributed by atoms with van der Waals surface area (Å²) in [5.41, 5.74) is 0. The summed E-state index contributed by atoms with van der Waals surface area (Å²) in [6.45, 7) is 6.48. The van der Waals surface area contributed by atoms with Gasteiger partial charge in [-0.25, -0.2) is 0 Å². The van der Waals surface area contributed by atoms with E-state index in [0.29, 0.717) is 18.7 Å². The van der Waals surface area contributed by atoms with Gasteiger partial charge >= 0.3 is 0 Å². The van der Waals surface area contributed by atoms with Crippen molar-refractivity contribution < 1.29 is 5.11 Å². The van der Waals surface area contributed by atoms with Crippen LogP contribution < -0.4 is 5.32 Å². The SMILES string of the molecule is CC(CCCO)NC1CCN(CC2CC2)CC1. The van der Waals surface area contributed by atoms with Crippen LogP contribution >= 0.6 is 0 Å². The van der Waals surface area contributed by atoms with Crippen molar-refractivity contribution >= 4 is 0 Å². The third-order valence-corrected chi connectivity index (χ3v) is 4.12. The van der Waals surface area contributed by atoms with Crippen LogP contribution in [0, 0.1) is 5.92 Å². The number of aliphatic hydroxyl groups is 1. The van der Waals surface area contributed by atoms with Crippen molar-refractivity contribution in [3.8, 4) is 0 Å². The number of nitrogens with zero attached hydrogens (tertiary/aromatic N) is 1. The molecule has 1 aliphatic heterocycles. The summed E-state index contributed by atoms with van der Waals surface area (Å²) in [5, 5.41) is 12.5. The second kappa shape index (κ2) is 6.72. The summed E-state index contributed by atoms with van der Waals surface area (Å²) in [7, 11) is 0. The zero-order chi connectivity index (χ0) is 12.1. The average Bonchev–Trinajstić information content (AvgIpc) is 3.13. The lowest BCUT2D eigenvalue weighted by atomic mass is 10.0. The lowest BCUT2D eigenvalue weighted by molar-refractivity contribution is 0.183. The van der Waals surface area contributed by atoms with Crippen LogP contribution in [0.15, 0.2) is 0 Å². The van der Waals surface area contributed by atoms with E-state index in [9.17, 15) is 0 Å². The first-order valence-electron chi connectivity index (χ1n) is 7.37. The Kier molecular flexibility index (Phi) is 5.26. The molecule has 0 aromatic carbocycles. The van der Waals surface area contributed by atoms with Crippen molar-refractivity contribution in [2.24, 2.45) is 5.92 Å². The molecule has 0 aromatic heterocycles. The molecule has 0 aromatic rings. The molecule has 2 N–H and O–H groups in total. The van der Waals surface area contributed by atoms with Crippen LogP contribution in [-0.4, -0.2) is 48.3 Å². The Morgan fingerprint density at radius 1 is 1.24 bits per heavy atom. The Bertz CT molecular complexity index is 210. The van der Waals surface area contributed by atoms with Gasteiger partial charge in [0, 0.05) is 25.2 Å². The van der Waals surface area contributed by atoms with E-state index in [0.717, 1.165) is 18.8 Å². The van der Waals surface area contributed by atoms with E-state index >= 15 is 0 Å². The van der Waals surface area contributed by atoms with E-state index in [4.69, 9.17) is 5.11 Å². The minimum absolute atomic E-state index is 0.325. The van der Waals surface area contributed by atoms with Gasteiger partial charge in [-0.1, -0.05) is 0 Å². The van der Waals surface area contributed by atoms with Gasteiger partial charge in [-0.3, -0.25) is 0 Å². The Morgan fingerprint density at radius 2 is 1.94 bits per heavy atom. The number of hydrogen-bond donors (Lipinski definition) is 2. The van der Waals surface area contributed by atoms with Gasteiger partial charge in [-0.2, -0.15) is 0 Å². The number of rotatable bonds is 7. The van der Waals surface area contributed by atoms with Gasteiger partial charge in [0.1, 0.15) is 0 Å². The third kappa shape index (κ3) is 4.94. The maximum atomic E-state index is 8.81. The standard InChI is InChI=1S/C14H28N2O/c1-12(3-2-10-17)15-14-6-8-16(9-7-14)11-13-4-5-13/h12-15,17H,2-11H2,1H3. The maximum Gasteiger partial charge on any atom is 0.0431 e. The average molecular weight is 240 g/mol. The Balaban J connectivity index is 1.57. The highest BCUT2D eigenvalue weighted by Crippen LogP contribution is 2.30. The van der Waals surface area contributed by atoms with Crippen molar-refractivity contribution in [1.29, 1.82) is 0 Å². The predicted octanol–water partition coefficient (Wildman–Crippen LogP) is 1.61. The molecule has 0 radical (unpaired) electrons. The van der Waals surface area contributed by atoms with E-state index < -0.39 is 0 Å². The molecule has 3 heteroatoms. The highest BCUT2D eigenvalue weighted by Gasteiger charge is 2.27. The molecule has 1 saturated carbocycles. The molecule has 0 spiro atoms. The fourth-order valence-electron chi connectivity index (χ4n) is 2.83. The molecule has 2 aliphatic rings. The fourth-order valence-corrected chi connectivity index (χ4v) is 2.83. The van der Waals surface area contributed by atoms with Crippen LogP contribution in [0.5, 0.6) is 0 Å². The zero-order valence-electron chi connectivity index (χ0n) is 11.2. The van der Waals surface area contributed by atoms with Gasteiger partial charge in [0.2, 0.25) is 0 Å². The summed E-state index contributed by atoms with van der Waals surface area (Å²) in [6, 6.07) is 1.27. The normalized spacial score (nSPS) is 25.1. The molecule has 0 amide bonds. The highest BCUT2D eigenvalue weighted by molar-refractivity contribution is 4.83.